The fourth-order valence-corrected chi connectivity index (χ4v) is 9.26. The van der Waals surface area contributed by atoms with Crippen LogP contribution in [-0.4, -0.2) is 4.98 Å². The molecule has 1 nitrogen and oxygen atoms in total. The Balaban J connectivity index is 1.22. The van der Waals surface area contributed by atoms with Gasteiger partial charge in [0.1, 0.15) is 0 Å². The number of hydrogen-bond donors (Lipinski definition) is 0. The summed E-state index contributed by atoms with van der Waals surface area (Å²) >= 11 is 0. The van der Waals surface area contributed by atoms with Crippen molar-refractivity contribution in [3.8, 4) is 77.9 Å². The van der Waals surface area contributed by atoms with Crippen molar-refractivity contribution in [3.63, 3.8) is 0 Å². The molecule has 0 saturated heterocycles. The van der Waals surface area contributed by atoms with Gasteiger partial charge in [-0.3, -0.25) is 4.98 Å². The molecule has 1 heteroatoms. The van der Waals surface area contributed by atoms with E-state index >= 15 is 0 Å². The van der Waals surface area contributed by atoms with Crippen LogP contribution in [0.25, 0.3) is 110 Å². The lowest BCUT2D eigenvalue weighted by Crippen LogP contribution is -1.98. The van der Waals surface area contributed by atoms with Crippen LogP contribution in [0.2, 0.25) is 0 Å². The Bertz CT molecular complexity index is 3280. The molecule has 1 aromatic heterocycles. The first-order chi connectivity index (χ1) is 29.8. The van der Waals surface area contributed by atoms with Crippen molar-refractivity contribution < 1.29 is 0 Å². The molecule has 0 fully saturated rings. The molecule has 0 aliphatic heterocycles. The highest BCUT2D eigenvalue weighted by atomic mass is 14.6. The summed E-state index contributed by atoms with van der Waals surface area (Å²) < 4.78 is 0. The third kappa shape index (κ3) is 6.16. The van der Waals surface area contributed by atoms with Crippen LogP contribution in [0.3, 0.4) is 0 Å². The Morgan fingerprint density at radius 2 is 0.633 bits per heavy atom. The van der Waals surface area contributed by atoms with Crippen LogP contribution in [0.1, 0.15) is 0 Å². The Morgan fingerprint density at radius 3 is 1.18 bits per heavy atom. The summed E-state index contributed by atoms with van der Waals surface area (Å²) in [7, 11) is 0. The molecule has 0 aliphatic rings. The predicted molar refractivity (Wildman–Crippen MR) is 255 cm³/mol. The van der Waals surface area contributed by atoms with Crippen LogP contribution in [0.5, 0.6) is 0 Å². The molecule has 280 valence electrons. The summed E-state index contributed by atoms with van der Waals surface area (Å²) in [6, 6.07) is 83.7. The first kappa shape index (κ1) is 35.3. The molecule has 11 aromatic rings. The molecule has 0 unspecified atom stereocenters. The highest BCUT2D eigenvalue weighted by Crippen LogP contribution is 2.51. The maximum absolute atomic E-state index is 4.91. The maximum atomic E-state index is 4.91. The lowest BCUT2D eigenvalue weighted by molar-refractivity contribution is 1.41. The second kappa shape index (κ2) is 15.1. The molecule has 0 radical (unpaired) electrons. The van der Waals surface area contributed by atoms with Gasteiger partial charge in [-0.05, 0) is 118 Å². The van der Waals surface area contributed by atoms with Crippen LogP contribution in [0, 0.1) is 0 Å². The second-order valence-electron chi connectivity index (χ2n) is 15.4. The maximum Gasteiger partial charge on any atom is 0.0702 e. The third-order valence-corrected chi connectivity index (χ3v) is 11.9. The third-order valence-electron chi connectivity index (χ3n) is 11.9. The zero-order valence-electron chi connectivity index (χ0n) is 33.0. The SMILES string of the molecule is c1ccc(-c2cc(-c3cccc(-c4c5ccccc5c(-c5cnc6ccccc6c5)c5ccccc45)c3)c(-c3ccccc3)c(-c3ccccc3)c2-c2ccccc2)cc1. The van der Waals surface area contributed by atoms with Gasteiger partial charge >= 0.3 is 0 Å². The van der Waals surface area contributed by atoms with Crippen molar-refractivity contribution in [2.45, 2.75) is 0 Å². The molecule has 60 heavy (non-hydrogen) atoms. The standard InChI is InChI=1S/C59H39N/c1-5-20-40(21-6-1)52-38-53(58(42-24-9-3-10-25-42)59(43-26-11-4-12-27-43)57(52)41-22-7-2-8-23-41)44-29-19-30-46(36-44)55-48-31-14-16-33-50(48)56(51-34-17-15-32-49(51)55)47-37-45-28-13-18-35-54(45)60-39-47/h1-39H. The summed E-state index contributed by atoms with van der Waals surface area (Å²) in [5, 5.41) is 5.99. The summed E-state index contributed by atoms with van der Waals surface area (Å²) in [5.41, 5.74) is 17.7. The minimum absolute atomic E-state index is 1.00. The Morgan fingerprint density at radius 1 is 0.233 bits per heavy atom. The van der Waals surface area contributed by atoms with Crippen LogP contribution in [0.15, 0.2) is 237 Å². The number of nitrogens with zero attached hydrogens (tertiary/aromatic N) is 1. The molecule has 0 atom stereocenters. The van der Waals surface area contributed by atoms with E-state index in [0.29, 0.717) is 0 Å². The van der Waals surface area contributed by atoms with Crippen molar-refractivity contribution in [1.82, 2.24) is 4.98 Å². The van der Waals surface area contributed by atoms with E-state index in [1.807, 2.05) is 12.3 Å². The van der Waals surface area contributed by atoms with E-state index in [1.54, 1.807) is 0 Å². The van der Waals surface area contributed by atoms with E-state index in [-0.39, 0.29) is 0 Å². The topological polar surface area (TPSA) is 12.9 Å². The summed E-state index contributed by atoms with van der Waals surface area (Å²) in [6.07, 6.45) is 2.04. The van der Waals surface area contributed by atoms with Gasteiger partial charge in [-0.1, -0.05) is 206 Å². The lowest BCUT2D eigenvalue weighted by atomic mass is 9.78. The largest absolute Gasteiger partial charge is 0.256 e. The van der Waals surface area contributed by atoms with Crippen molar-refractivity contribution in [2.75, 3.05) is 0 Å². The smallest absolute Gasteiger partial charge is 0.0702 e. The average molecular weight is 762 g/mol. The zero-order valence-corrected chi connectivity index (χ0v) is 33.0. The molecule has 10 aromatic carbocycles. The number of para-hydroxylation sites is 1. The number of fused-ring (bicyclic) bond motifs is 3. The molecule has 0 bridgehead atoms. The quantitative estimate of drug-likeness (QED) is 0.147. The highest BCUT2D eigenvalue weighted by Gasteiger charge is 2.24. The van der Waals surface area contributed by atoms with Gasteiger partial charge in [0.25, 0.3) is 0 Å². The number of hydrogen-bond acceptors (Lipinski definition) is 1. The Labute approximate surface area is 350 Å². The number of pyridine rings is 1. The monoisotopic (exact) mass is 761 g/mol. The number of rotatable bonds is 7. The first-order valence-electron chi connectivity index (χ1n) is 20.6. The van der Waals surface area contributed by atoms with Gasteiger partial charge in [0.15, 0.2) is 0 Å². The predicted octanol–water partition coefficient (Wildman–Crippen LogP) is 16.2. The van der Waals surface area contributed by atoms with Crippen LogP contribution >= 0.6 is 0 Å². The lowest BCUT2D eigenvalue weighted by Gasteiger charge is -2.25. The molecule has 1 heterocycles. The molecule has 0 amide bonds. The van der Waals surface area contributed by atoms with Gasteiger partial charge in [-0.15, -0.1) is 0 Å². The molecule has 0 N–H and O–H groups in total. The zero-order chi connectivity index (χ0) is 39.8. The minimum atomic E-state index is 1.00. The van der Waals surface area contributed by atoms with Crippen LogP contribution < -0.4 is 0 Å². The van der Waals surface area contributed by atoms with Gasteiger partial charge in [0.05, 0.1) is 5.52 Å². The molecule has 0 aliphatic carbocycles. The van der Waals surface area contributed by atoms with Gasteiger partial charge in [-0.2, -0.15) is 0 Å². The van der Waals surface area contributed by atoms with Crippen molar-refractivity contribution in [1.29, 1.82) is 0 Å². The first-order valence-corrected chi connectivity index (χ1v) is 20.6. The molecule has 0 saturated carbocycles. The minimum Gasteiger partial charge on any atom is -0.256 e. The van der Waals surface area contributed by atoms with Gasteiger partial charge in [-0.25, -0.2) is 0 Å². The van der Waals surface area contributed by atoms with Crippen molar-refractivity contribution in [3.05, 3.63) is 237 Å². The van der Waals surface area contributed by atoms with E-state index in [0.717, 1.165) is 22.0 Å². The summed E-state index contributed by atoms with van der Waals surface area (Å²) in [4.78, 5) is 4.91. The van der Waals surface area contributed by atoms with Gasteiger partial charge < -0.3 is 0 Å². The molecular weight excluding hydrogens is 723 g/mol. The van der Waals surface area contributed by atoms with E-state index in [2.05, 4.69) is 224 Å². The fraction of sp³-hybridized carbons (Fsp3) is 0. The van der Waals surface area contributed by atoms with Crippen LogP contribution in [0.4, 0.5) is 0 Å². The number of aromatic nitrogens is 1. The van der Waals surface area contributed by atoms with E-state index in [1.165, 1.54) is 88.3 Å². The number of benzene rings is 10. The van der Waals surface area contributed by atoms with E-state index < -0.39 is 0 Å². The van der Waals surface area contributed by atoms with E-state index in [9.17, 15) is 0 Å². The van der Waals surface area contributed by atoms with Crippen molar-refractivity contribution in [2.24, 2.45) is 0 Å². The van der Waals surface area contributed by atoms with Gasteiger partial charge in [0, 0.05) is 17.1 Å². The van der Waals surface area contributed by atoms with Crippen molar-refractivity contribution >= 4 is 32.4 Å². The molecule has 0 spiro atoms. The summed E-state index contributed by atoms with van der Waals surface area (Å²) in [6.45, 7) is 0. The molecular formula is C59H39N. The highest BCUT2D eigenvalue weighted by molar-refractivity contribution is 6.22. The molecule has 11 rings (SSSR count). The normalized spacial score (nSPS) is 11.3. The van der Waals surface area contributed by atoms with Crippen LogP contribution in [-0.2, 0) is 0 Å². The fourth-order valence-electron chi connectivity index (χ4n) is 9.26. The summed E-state index contributed by atoms with van der Waals surface area (Å²) in [5.74, 6) is 0. The van der Waals surface area contributed by atoms with E-state index in [4.69, 9.17) is 4.98 Å². The average Bonchev–Trinajstić information content (AvgIpc) is 3.33. The Hall–Kier alpha value is -7.87. The second-order valence-corrected chi connectivity index (χ2v) is 15.4. The Kier molecular flexibility index (Phi) is 8.91. The van der Waals surface area contributed by atoms with Gasteiger partial charge in [0.2, 0.25) is 0 Å².